The summed E-state index contributed by atoms with van der Waals surface area (Å²) in [7, 11) is 0. The minimum atomic E-state index is -1.47. The van der Waals surface area contributed by atoms with E-state index in [9.17, 15) is 19.5 Å². The molecule has 1 saturated heterocycles. The highest BCUT2D eigenvalue weighted by Crippen LogP contribution is 2.31. The van der Waals surface area contributed by atoms with Gasteiger partial charge in [0.1, 0.15) is 5.54 Å². The Hall–Kier alpha value is -2.37. The number of carbonyl (C=O) groups excluding carboxylic acids is 3. The molecule has 1 heterocycles. The number of nitrogens with one attached hydrogen (secondary N) is 1. The molecule has 3 amide bonds. The zero-order chi connectivity index (χ0) is 14.0. The summed E-state index contributed by atoms with van der Waals surface area (Å²) in [6.45, 7) is 1.02. The van der Waals surface area contributed by atoms with Crippen molar-refractivity contribution in [2.45, 2.75) is 18.9 Å². The standard InChI is InChI=1S/C13H14N2O4/c1-2-13(9-6-4-3-5-7-9)11(18)15(8-10(16)17)12(19)14-13/h3-7H,2,8H2,1H3,(H,14,19)(H,16,17)/p-1/t13-/m1/s1. The van der Waals surface area contributed by atoms with Crippen molar-refractivity contribution in [2.24, 2.45) is 0 Å². The molecular weight excluding hydrogens is 248 g/mol. The Morgan fingerprint density at radius 1 is 1.32 bits per heavy atom. The van der Waals surface area contributed by atoms with Gasteiger partial charge in [-0.2, -0.15) is 0 Å². The molecule has 19 heavy (non-hydrogen) atoms. The average molecular weight is 261 g/mol. The van der Waals surface area contributed by atoms with Crippen molar-refractivity contribution >= 4 is 17.9 Å². The topological polar surface area (TPSA) is 89.5 Å². The van der Waals surface area contributed by atoms with Gasteiger partial charge in [-0.25, -0.2) is 4.79 Å². The van der Waals surface area contributed by atoms with E-state index in [1.807, 2.05) is 0 Å². The van der Waals surface area contributed by atoms with Crippen LogP contribution >= 0.6 is 0 Å². The number of benzene rings is 1. The van der Waals surface area contributed by atoms with E-state index in [4.69, 9.17) is 0 Å². The molecule has 0 unspecified atom stereocenters. The first-order valence-electron chi connectivity index (χ1n) is 5.90. The quantitative estimate of drug-likeness (QED) is 0.746. The second kappa shape index (κ2) is 4.72. The van der Waals surface area contributed by atoms with Gasteiger partial charge in [0.15, 0.2) is 0 Å². The van der Waals surface area contributed by atoms with E-state index in [0.29, 0.717) is 16.9 Å². The number of urea groups is 1. The monoisotopic (exact) mass is 261 g/mol. The van der Waals surface area contributed by atoms with Gasteiger partial charge in [-0.1, -0.05) is 37.3 Å². The van der Waals surface area contributed by atoms with Crippen LogP contribution in [-0.4, -0.2) is 29.4 Å². The van der Waals surface area contributed by atoms with E-state index in [1.54, 1.807) is 37.3 Å². The first-order chi connectivity index (χ1) is 9.01. The summed E-state index contributed by atoms with van der Waals surface area (Å²) in [6, 6.07) is 8.06. The van der Waals surface area contributed by atoms with E-state index in [2.05, 4.69) is 5.32 Å². The molecule has 100 valence electrons. The molecule has 6 heteroatoms. The molecule has 1 aromatic rings. The minimum absolute atomic E-state index is 0.338. The lowest BCUT2D eigenvalue weighted by molar-refractivity contribution is -0.305. The van der Waals surface area contributed by atoms with Crippen LogP contribution in [0.5, 0.6) is 0 Å². The van der Waals surface area contributed by atoms with Crippen LogP contribution in [0, 0.1) is 0 Å². The van der Waals surface area contributed by atoms with Crippen molar-refractivity contribution in [1.29, 1.82) is 0 Å². The summed E-state index contributed by atoms with van der Waals surface area (Å²) in [6.07, 6.45) is 0.338. The van der Waals surface area contributed by atoms with Gasteiger partial charge in [-0.3, -0.25) is 9.69 Å². The van der Waals surface area contributed by atoms with E-state index in [1.165, 1.54) is 0 Å². The average Bonchev–Trinajstić information content (AvgIpc) is 2.64. The summed E-state index contributed by atoms with van der Waals surface area (Å²) in [5, 5.41) is 13.2. The molecule has 0 aromatic heterocycles. The molecule has 0 radical (unpaired) electrons. The number of carboxylic acid groups (broad SMARTS) is 1. The smallest absolute Gasteiger partial charge is 0.325 e. The predicted octanol–water partition coefficient (Wildman–Crippen LogP) is -0.406. The fourth-order valence-electron chi connectivity index (χ4n) is 2.26. The Morgan fingerprint density at radius 3 is 2.47 bits per heavy atom. The van der Waals surface area contributed by atoms with E-state index in [-0.39, 0.29) is 0 Å². The minimum Gasteiger partial charge on any atom is -0.548 e. The van der Waals surface area contributed by atoms with Crippen LogP contribution in [0.1, 0.15) is 18.9 Å². The number of imide groups is 1. The molecule has 1 atom stereocenters. The number of carboxylic acids is 1. The molecule has 1 aromatic carbocycles. The zero-order valence-electron chi connectivity index (χ0n) is 10.4. The molecule has 2 rings (SSSR count). The Balaban J connectivity index is 2.41. The van der Waals surface area contributed by atoms with Crippen molar-refractivity contribution in [1.82, 2.24) is 10.2 Å². The lowest BCUT2D eigenvalue weighted by atomic mass is 9.87. The van der Waals surface area contributed by atoms with Gasteiger partial charge >= 0.3 is 6.03 Å². The number of rotatable bonds is 4. The van der Waals surface area contributed by atoms with E-state index >= 15 is 0 Å². The number of carbonyl (C=O) groups is 3. The molecule has 1 aliphatic rings. The second-order valence-electron chi connectivity index (χ2n) is 4.32. The van der Waals surface area contributed by atoms with Crippen molar-refractivity contribution in [3.8, 4) is 0 Å². The van der Waals surface area contributed by atoms with Gasteiger partial charge in [0.05, 0.1) is 12.5 Å². The molecule has 1 fully saturated rings. The first-order valence-corrected chi connectivity index (χ1v) is 5.90. The Bertz CT molecular complexity index is 529. The maximum Gasteiger partial charge on any atom is 0.325 e. The van der Waals surface area contributed by atoms with Crippen molar-refractivity contribution in [2.75, 3.05) is 6.54 Å². The van der Waals surface area contributed by atoms with Crippen LogP contribution < -0.4 is 10.4 Å². The molecule has 1 N–H and O–H groups in total. The molecule has 0 aliphatic carbocycles. The summed E-state index contributed by atoms with van der Waals surface area (Å²) >= 11 is 0. The Morgan fingerprint density at radius 2 is 1.95 bits per heavy atom. The number of aliphatic carboxylic acids is 1. The van der Waals surface area contributed by atoms with Crippen LogP contribution in [-0.2, 0) is 15.1 Å². The molecule has 0 spiro atoms. The fourth-order valence-corrected chi connectivity index (χ4v) is 2.26. The van der Waals surface area contributed by atoms with Crippen LogP contribution in [0.15, 0.2) is 30.3 Å². The van der Waals surface area contributed by atoms with Crippen LogP contribution in [0.25, 0.3) is 0 Å². The SMILES string of the molecule is CC[C@]1(c2ccccc2)NC(=O)N(CC(=O)[O-])C1=O. The Kier molecular flexibility index (Phi) is 3.25. The summed E-state index contributed by atoms with van der Waals surface area (Å²) in [5.74, 6) is -2.03. The maximum atomic E-state index is 12.4. The van der Waals surface area contributed by atoms with Crippen molar-refractivity contribution in [3.05, 3.63) is 35.9 Å². The molecule has 1 aliphatic heterocycles. The first kappa shape index (κ1) is 13.1. The van der Waals surface area contributed by atoms with Crippen molar-refractivity contribution < 1.29 is 19.5 Å². The normalized spacial score (nSPS) is 22.5. The van der Waals surface area contributed by atoms with E-state index < -0.39 is 30.0 Å². The van der Waals surface area contributed by atoms with Gasteiger partial charge in [0.25, 0.3) is 5.91 Å². The van der Waals surface area contributed by atoms with Gasteiger partial charge in [0.2, 0.25) is 0 Å². The van der Waals surface area contributed by atoms with Gasteiger partial charge < -0.3 is 15.2 Å². The number of amides is 3. The number of hydrogen-bond acceptors (Lipinski definition) is 4. The number of hydrogen-bond donors (Lipinski definition) is 1. The summed E-state index contributed by atoms with van der Waals surface area (Å²) < 4.78 is 0. The molecule has 0 saturated carbocycles. The third-order valence-electron chi connectivity index (χ3n) is 3.26. The van der Waals surface area contributed by atoms with Crippen molar-refractivity contribution in [3.63, 3.8) is 0 Å². The van der Waals surface area contributed by atoms with Gasteiger partial charge in [-0.05, 0) is 12.0 Å². The van der Waals surface area contributed by atoms with Crippen LogP contribution in [0.2, 0.25) is 0 Å². The highest BCUT2D eigenvalue weighted by Gasteiger charge is 2.50. The molecular formula is C13H13N2O4-. The van der Waals surface area contributed by atoms with E-state index in [0.717, 1.165) is 0 Å². The maximum absolute atomic E-state index is 12.4. The van der Waals surface area contributed by atoms with Gasteiger partial charge in [-0.15, -0.1) is 0 Å². The van der Waals surface area contributed by atoms with Crippen LogP contribution in [0.4, 0.5) is 4.79 Å². The largest absolute Gasteiger partial charge is 0.548 e. The predicted molar refractivity (Wildman–Crippen MR) is 63.7 cm³/mol. The third kappa shape index (κ3) is 2.05. The summed E-state index contributed by atoms with van der Waals surface area (Å²) in [5.41, 5.74) is -0.551. The fraction of sp³-hybridized carbons (Fsp3) is 0.308. The number of nitrogens with zero attached hydrogens (tertiary/aromatic N) is 1. The molecule has 6 nitrogen and oxygen atoms in total. The second-order valence-corrected chi connectivity index (χ2v) is 4.32. The zero-order valence-corrected chi connectivity index (χ0v) is 10.4. The van der Waals surface area contributed by atoms with Gasteiger partial charge in [0, 0.05) is 0 Å². The third-order valence-corrected chi connectivity index (χ3v) is 3.26. The highest BCUT2D eigenvalue weighted by molar-refractivity contribution is 6.08. The molecule has 0 bridgehead atoms. The Labute approximate surface area is 110 Å². The summed E-state index contributed by atoms with van der Waals surface area (Å²) in [4.78, 5) is 35.4. The lowest BCUT2D eigenvalue weighted by Gasteiger charge is -2.25. The lowest BCUT2D eigenvalue weighted by Crippen LogP contribution is -2.45. The van der Waals surface area contributed by atoms with Crippen LogP contribution in [0.3, 0.4) is 0 Å². The highest BCUT2D eigenvalue weighted by atomic mass is 16.4.